The zero-order chi connectivity index (χ0) is 29.0. The van der Waals surface area contributed by atoms with Crippen molar-refractivity contribution in [1.29, 1.82) is 0 Å². The average Bonchev–Trinajstić information content (AvgIpc) is 2.99. The van der Waals surface area contributed by atoms with Crippen molar-refractivity contribution in [2.75, 3.05) is 13.1 Å². The van der Waals surface area contributed by atoms with Crippen LogP contribution in [0.1, 0.15) is 96.4 Å². The third kappa shape index (κ3) is 17.7. The van der Waals surface area contributed by atoms with Gasteiger partial charge in [0, 0.05) is 25.9 Å². The van der Waals surface area contributed by atoms with Gasteiger partial charge < -0.3 is 21.9 Å². The molecule has 224 valence electrons. The number of rotatable bonds is 9. The first-order chi connectivity index (χ1) is 16.2. The zero-order valence-electron chi connectivity index (χ0n) is 23.3. The predicted octanol–water partition coefficient (Wildman–Crippen LogP) is 2.53. The van der Waals surface area contributed by atoms with Crippen molar-refractivity contribution in [1.82, 2.24) is 10.2 Å². The lowest BCUT2D eigenvalue weighted by molar-refractivity contribution is -0.146. The molecule has 0 radical (unpaired) electrons. The molecule has 11 nitrogen and oxygen atoms in total. The number of carbonyl (C=O) groups is 6. The molecule has 0 aromatic heterocycles. The number of imide groups is 1. The maximum absolute atomic E-state index is 12.2. The molecule has 3 unspecified atom stereocenters. The molecular weight excluding hydrogens is 492 g/mol. The molecule has 1 aliphatic heterocycles. The van der Waals surface area contributed by atoms with Crippen molar-refractivity contribution in [3.05, 3.63) is 0 Å². The van der Waals surface area contributed by atoms with Crippen molar-refractivity contribution < 1.29 is 33.9 Å². The van der Waals surface area contributed by atoms with Crippen LogP contribution in [0.25, 0.3) is 0 Å². The van der Waals surface area contributed by atoms with Crippen molar-refractivity contribution >= 4 is 35.3 Å². The van der Waals surface area contributed by atoms with Gasteiger partial charge in [0.25, 0.3) is 0 Å². The first-order valence-electron chi connectivity index (χ1n) is 11.9. The van der Waals surface area contributed by atoms with Crippen LogP contribution in [0.15, 0.2) is 0 Å². The van der Waals surface area contributed by atoms with Gasteiger partial charge in [-0.15, -0.1) is 0 Å². The monoisotopic (exact) mass is 546 g/mol. The summed E-state index contributed by atoms with van der Waals surface area (Å²) in [5.41, 5.74) is 10.9. The van der Waals surface area contributed by atoms with E-state index in [4.69, 9.17) is 16.6 Å². The van der Waals surface area contributed by atoms with E-state index in [0.29, 0.717) is 5.41 Å². The fourth-order valence-electron chi connectivity index (χ4n) is 2.92. The Balaban J connectivity index is -0.000000250. The van der Waals surface area contributed by atoms with Crippen molar-refractivity contribution in [3.8, 4) is 0 Å². The summed E-state index contributed by atoms with van der Waals surface area (Å²) in [6.45, 7) is 17.2. The van der Waals surface area contributed by atoms with Crippen LogP contribution in [-0.2, 0) is 28.8 Å². The Kier molecular flexibility index (Phi) is 20.7. The number of nitrogens with zero attached hydrogens (tertiary/aromatic N) is 1. The van der Waals surface area contributed by atoms with Crippen LogP contribution >= 0.6 is 0 Å². The van der Waals surface area contributed by atoms with Gasteiger partial charge in [-0.3, -0.25) is 33.7 Å². The van der Waals surface area contributed by atoms with E-state index in [1.54, 1.807) is 0 Å². The summed E-state index contributed by atoms with van der Waals surface area (Å²) in [6.07, 6.45) is -0.216. The first kappa shape index (κ1) is 42.4. The van der Waals surface area contributed by atoms with E-state index in [-0.39, 0.29) is 81.9 Å². The second-order valence-corrected chi connectivity index (χ2v) is 11.4. The van der Waals surface area contributed by atoms with Gasteiger partial charge in [0.1, 0.15) is 6.04 Å². The summed E-state index contributed by atoms with van der Waals surface area (Å²) in [5, 5.41) is 10.6. The molecule has 1 fully saturated rings. The number of hydrogen-bond acceptors (Lipinski definition) is 8. The number of aliphatic carboxylic acids is 1. The zero-order valence-corrected chi connectivity index (χ0v) is 23.3. The molecule has 3 atom stereocenters. The number of Topliss-reactive ketones (excluding diaryl/α,β-unsaturated/α-hetero) is 2. The Morgan fingerprint density at radius 1 is 0.921 bits per heavy atom. The van der Waals surface area contributed by atoms with Crippen LogP contribution < -0.4 is 16.8 Å². The normalized spacial score (nSPS) is 16.3. The molecule has 0 bridgehead atoms. The molecule has 6 N–H and O–H groups in total. The number of carboxylic acids is 1. The van der Waals surface area contributed by atoms with E-state index in [1.165, 1.54) is 13.8 Å². The summed E-state index contributed by atoms with van der Waals surface area (Å²) >= 11 is 0. The molecular formula is C27H54N4O7. The number of nitrogens with two attached hydrogens (primary N) is 2. The molecule has 38 heavy (non-hydrogen) atoms. The molecule has 1 heterocycles. The fourth-order valence-corrected chi connectivity index (χ4v) is 2.92. The van der Waals surface area contributed by atoms with E-state index in [1.807, 2.05) is 20.8 Å². The average molecular weight is 547 g/mol. The Labute approximate surface area is 229 Å². The maximum Gasteiger partial charge on any atom is 0.303 e. The lowest BCUT2D eigenvalue weighted by atomic mass is 9.80. The van der Waals surface area contributed by atoms with Crippen LogP contribution in [0.3, 0.4) is 0 Å². The van der Waals surface area contributed by atoms with E-state index < -0.39 is 24.0 Å². The van der Waals surface area contributed by atoms with Crippen LogP contribution in [0.5, 0.6) is 0 Å². The lowest BCUT2D eigenvalue weighted by Crippen LogP contribution is -2.49. The summed E-state index contributed by atoms with van der Waals surface area (Å²) in [4.78, 5) is 68.4. The quantitative estimate of drug-likeness (QED) is 0.315. The Hall–Kier alpha value is -2.66. The highest BCUT2D eigenvalue weighted by Crippen LogP contribution is 2.36. The second-order valence-electron chi connectivity index (χ2n) is 11.4. The van der Waals surface area contributed by atoms with Crippen molar-refractivity contribution in [2.45, 2.75) is 109 Å². The third-order valence-electron chi connectivity index (χ3n) is 4.86. The van der Waals surface area contributed by atoms with Crippen LogP contribution in [0, 0.1) is 16.7 Å². The minimum Gasteiger partial charge on any atom is -0.481 e. The largest absolute Gasteiger partial charge is 0.481 e. The summed E-state index contributed by atoms with van der Waals surface area (Å²) < 4.78 is 0. The summed E-state index contributed by atoms with van der Waals surface area (Å²) in [6, 6.07) is -1.52. The van der Waals surface area contributed by atoms with Gasteiger partial charge in [-0.25, -0.2) is 0 Å². The summed E-state index contributed by atoms with van der Waals surface area (Å²) in [5.74, 6) is -2.93. The number of ketones is 2. The van der Waals surface area contributed by atoms with Gasteiger partial charge in [0.05, 0.1) is 18.4 Å². The highest BCUT2D eigenvalue weighted by atomic mass is 16.4. The molecule has 3 amide bonds. The minimum atomic E-state index is -1.05. The van der Waals surface area contributed by atoms with Gasteiger partial charge in [0.2, 0.25) is 17.7 Å². The minimum absolute atomic E-state index is 0. The third-order valence-corrected chi connectivity index (χ3v) is 4.86. The van der Waals surface area contributed by atoms with Crippen LogP contribution in [0.4, 0.5) is 0 Å². The van der Waals surface area contributed by atoms with Crippen molar-refractivity contribution in [2.24, 2.45) is 28.2 Å². The SMILES string of the molecule is C.C.CC(=O)C(CN)N1C(=O)CC(C(C)(C)C)C1=O.CC(=O)C(CN)NC(=O)CCC(=O)O.CC(C)(C)C. The molecule has 0 aromatic carbocycles. The number of hydrogen-bond donors (Lipinski definition) is 4. The number of carbonyl (C=O) groups excluding carboxylic acids is 5. The highest BCUT2D eigenvalue weighted by molar-refractivity contribution is 6.07. The molecule has 1 saturated heterocycles. The Morgan fingerprint density at radius 3 is 1.63 bits per heavy atom. The van der Waals surface area contributed by atoms with Gasteiger partial charge in [-0.1, -0.05) is 63.3 Å². The van der Waals surface area contributed by atoms with Gasteiger partial charge in [0.15, 0.2) is 11.6 Å². The molecule has 11 heteroatoms. The topological polar surface area (TPSA) is 190 Å². The van der Waals surface area contributed by atoms with E-state index >= 15 is 0 Å². The van der Waals surface area contributed by atoms with Gasteiger partial charge in [-0.05, 0) is 24.7 Å². The number of amides is 3. The lowest BCUT2D eigenvalue weighted by Gasteiger charge is -2.27. The number of likely N-dealkylation sites (tertiary alicyclic amines) is 1. The van der Waals surface area contributed by atoms with Crippen LogP contribution in [0.2, 0.25) is 0 Å². The summed E-state index contributed by atoms with van der Waals surface area (Å²) in [7, 11) is 0. The first-order valence-corrected chi connectivity index (χ1v) is 11.9. The standard InChI is InChI=1S/C12H20N2O3.C8H14N2O4.C5H12.2CH4/c1-7(15)9(6-13)14-10(16)5-8(11(14)17)12(2,3)4;1-5(11)6(4-9)10-7(12)2-3-8(13)14;1-5(2,3)4;;/h8-9H,5-6,13H2,1-4H3;6H,2-4,9H2,1H3,(H,10,12)(H,13,14);1-4H3;2*1H4. The molecule has 1 rings (SSSR count). The maximum atomic E-state index is 12.2. The predicted molar refractivity (Wildman–Crippen MR) is 150 cm³/mol. The fraction of sp³-hybridized carbons (Fsp3) is 0.778. The smallest absolute Gasteiger partial charge is 0.303 e. The molecule has 0 aliphatic carbocycles. The molecule has 0 aromatic rings. The van der Waals surface area contributed by atoms with E-state index in [9.17, 15) is 28.8 Å². The second kappa shape index (κ2) is 18.6. The number of nitrogens with one attached hydrogen (secondary N) is 1. The Bertz CT molecular complexity index is 792. The van der Waals surface area contributed by atoms with E-state index in [2.05, 4.69) is 33.0 Å². The van der Waals surface area contributed by atoms with Gasteiger partial charge in [-0.2, -0.15) is 0 Å². The molecule has 0 saturated carbocycles. The Morgan fingerprint density at radius 2 is 1.37 bits per heavy atom. The van der Waals surface area contributed by atoms with Crippen LogP contribution in [-0.4, -0.2) is 70.4 Å². The molecule has 1 aliphatic rings. The number of carboxylic acid groups (broad SMARTS) is 1. The van der Waals surface area contributed by atoms with Gasteiger partial charge >= 0.3 is 5.97 Å². The highest BCUT2D eigenvalue weighted by Gasteiger charge is 2.47. The van der Waals surface area contributed by atoms with Crippen molar-refractivity contribution in [3.63, 3.8) is 0 Å². The van der Waals surface area contributed by atoms with E-state index in [0.717, 1.165) is 4.90 Å². The molecule has 0 spiro atoms.